The predicted molar refractivity (Wildman–Crippen MR) is 125 cm³/mol. The number of ether oxygens (including phenoxy) is 2. The highest BCUT2D eigenvalue weighted by molar-refractivity contribution is 7.18. The minimum atomic E-state index is -0.774. The summed E-state index contributed by atoms with van der Waals surface area (Å²) in [5.41, 5.74) is 2.94. The third kappa shape index (κ3) is 4.57. The summed E-state index contributed by atoms with van der Waals surface area (Å²) in [5, 5.41) is 1.47. The highest BCUT2D eigenvalue weighted by Crippen LogP contribution is 2.33. The Morgan fingerprint density at radius 2 is 1.82 bits per heavy atom. The van der Waals surface area contributed by atoms with Crippen LogP contribution in [0.2, 0.25) is 0 Å². The van der Waals surface area contributed by atoms with Crippen molar-refractivity contribution in [3.8, 4) is 5.75 Å². The fourth-order valence-electron chi connectivity index (χ4n) is 3.91. The van der Waals surface area contributed by atoms with Crippen LogP contribution in [-0.2, 0) is 21.0 Å². The van der Waals surface area contributed by atoms with Crippen LogP contribution in [0.3, 0.4) is 0 Å². The molecule has 9 heteroatoms. The van der Waals surface area contributed by atoms with Crippen molar-refractivity contribution in [3.63, 3.8) is 0 Å². The zero-order valence-corrected chi connectivity index (χ0v) is 18.9. The van der Waals surface area contributed by atoms with Gasteiger partial charge >= 0.3 is 5.97 Å². The summed E-state index contributed by atoms with van der Waals surface area (Å²) in [5.74, 6) is -2.06. The molecule has 0 atom stereocenters. The Morgan fingerprint density at radius 1 is 1.09 bits per heavy atom. The third-order valence-corrected chi connectivity index (χ3v) is 6.68. The van der Waals surface area contributed by atoms with E-state index in [4.69, 9.17) is 14.3 Å². The lowest BCUT2D eigenvalue weighted by molar-refractivity contribution is -0.157. The Bertz CT molecular complexity index is 1330. The summed E-state index contributed by atoms with van der Waals surface area (Å²) in [4.78, 5) is 34.8. The summed E-state index contributed by atoms with van der Waals surface area (Å²) in [7, 11) is 0. The number of hydrogen-bond donors (Lipinski definition) is 1. The Morgan fingerprint density at radius 3 is 2.62 bits per heavy atom. The fourth-order valence-corrected chi connectivity index (χ4v) is 4.79. The summed E-state index contributed by atoms with van der Waals surface area (Å²) < 4.78 is 27.1. The molecule has 4 aromatic rings. The van der Waals surface area contributed by atoms with Gasteiger partial charge in [-0.2, -0.15) is 5.48 Å². The maximum atomic E-state index is 14.8. The van der Waals surface area contributed by atoms with Crippen LogP contribution < -0.4 is 10.2 Å². The summed E-state index contributed by atoms with van der Waals surface area (Å²) in [6.07, 6.45) is 1.05. The molecule has 0 bridgehead atoms. The van der Waals surface area contributed by atoms with E-state index < -0.39 is 17.7 Å². The average molecular weight is 481 g/mol. The van der Waals surface area contributed by atoms with Crippen LogP contribution in [0.25, 0.3) is 21.0 Å². The smallest absolute Gasteiger partial charge is 0.335 e. The zero-order valence-electron chi connectivity index (χ0n) is 18.1. The van der Waals surface area contributed by atoms with E-state index in [1.807, 2.05) is 24.3 Å². The van der Waals surface area contributed by atoms with Crippen molar-refractivity contribution < 1.29 is 28.3 Å². The molecule has 5 rings (SSSR count). The van der Waals surface area contributed by atoms with Crippen LogP contribution in [-0.4, -0.2) is 30.1 Å². The van der Waals surface area contributed by atoms with E-state index in [9.17, 15) is 14.0 Å². The van der Waals surface area contributed by atoms with Crippen molar-refractivity contribution in [2.24, 2.45) is 5.92 Å². The lowest BCUT2D eigenvalue weighted by Gasteiger charge is -2.20. The number of hydrogen-bond acceptors (Lipinski definition) is 7. The largest absolute Gasteiger partial charge is 0.485 e. The summed E-state index contributed by atoms with van der Waals surface area (Å²) >= 11 is 1.48. The van der Waals surface area contributed by atoms with Crippen LogP contribution >= 0.6 is 11.3 Å². The number of benzene rings is 3. The van der Waals surface area contributed by atoms with Gasteiger partial charge in [-0.3, -0.25) is 4.79 Å². The molecule has 2 heterocycles. The number of rotatable bonds is 5. The lowest BCUT2D eigenvalue weighted by atomic mass is 10.0. The minimum absolute atomic E-state index is 0.0721. The molecular formula is C25H21FN2O5S. The number of hydroxylamine groups is 1. The number of carbonyl (C=O) groups is 2. The molecule has 0 aliphatic carbocycles. The first kappa shape index (κ1) is 22.2. The number of thiazole rings is 1. The van der Waals surface area contributed by atoms with Gasteiger partial charge in [-0.15, -0.1) is 11.3 Å². The number of nitrogens with zero attached hydrogens (tertiary/aromatic N) is 1. The van der Waals surface area contributed by atoms with Crippen LogP contribution in [0.4, 0.5) is 4.39 Å². The monoisotopic (exact) mass is 480 g/mol. The van der Waals surface area contributed by atoms with E-state index in [2.05, 4.69) is 10.5 Å². The van der Waals surface area contributed by atoms with Crippen molar-refractivity contribution in [1.82, 2.24) is 10.5 Å². The van der Waals surface area contributed by atoms with E-state index in [0.717, 1.165) is 16.3 Å². The second kappa shape index (κ2) is 9.74. The predicted octanol–water partition coefficient (Wildman–Crippen LogP) is 4.78. The van der Waals surface area contributed by atoms with Gasteiger partial charge in [-0.1, -0.05) is 36.4 Å². The van der Waals surface area contributed by atoms with E-state index in [0.29, 0.717) is 41.8 Å². The molecule has 0 spiro atoms. The number of fused-ring (bicyclic) bond motifs is 2. The topological polar surface area (TPSA) is 86.8 Å². The quantitative estimate of drug-likeness (QED) is 0.414. The molecule has 0 radical (unpaired) electrons. The number of carbonyl (C=O) groups excluding carboxylic acids is 2. The fraction of sp³-hybridized carbons (Fsp3) is 0.240. The molecule has 1 amide bonds. The van der Waals surface area contributed by atoms with Gasteiger partial charge in [0.1, 0.15) is 23.2 Å². The first-order valence-electron chi connectivity index (χ1n) is 10.9. The molecule has 0 saturated carbocycles. The van der Waals surface area contributed by atoms with Crippen molar-refractivity contribution >= 4 is 44.2 Å². The first-order valence-corrected chi connectivity index (χ1v) is 11.7. The third-order valence-electron chi connectivity index (χ3n) is 5.67. The molecule has 1 N–H and O–H groups in total. The van der Waals surface area contributed by atoms with E-state index >= 15 is 0 Å². The molecule has 1 saturated heterocycles. The molecule has 1 aromatic heterocycles. The zero-order chi connectivity index (χ0) is 23.5. The van der Waals surface area contributed by atoms with Crippen LogP contribution in [0.5, 0.6) is 5.75 Å². The normalized spacial score (nSPS) is 14.3. The Labute approximate surface area is 198 Å². The van der Waals surface area contributed by atoms with Crippen molar-refractivity contribution in [1.29, 1.82) is 0 Å². The highest BCUT2D eigenvalue weighted by atomic mass is 32.1. The molecule has 7 nitrogen and oxygen atoms in total. The molecule has 1 aliphatic rings. The number of nitrogens with one attached hydrogen (secondary N) is 1. The number of amides is 1. The summed E-state index contributed by atoms with van der Waals surface area (Å²) in [6.45, 7) is 1.03. The van der Waals surface area contributed by atoms with Gasteiger partial charge in [0.25, 0.3) is 5.91 Å². The summed E-state index contributed by atoms with van der Waals surface area (Å²) in [6, 6.07) is 15.5. The second-order valence-electron chi connectivity index (χ2n) is 7.88. The van der Waals surface area contributed by atoms with Crippen molar-refractivity contribution in [2.75, 3.05) is 13.2 Å². The van der Waals surface area contributed by atoms with Gasteiger partial charge in [0, 0.05) is 24.0 Å². The van der Waals surface area contributed by atoms with E-state index in [1.165, 1.54) is 11.3 Å². The minimum Gasteiger partial charge on any atom is -0.485 e. The number of para-hydroxylation sites is 1. The molecule has 1 aliphatic heterocycles. The SMILES string of the molecule is O=C(NOC(=O)C1CCOCC1)c1cc(F)c2ccccc2c1OCc1nc2ccccc2s1. The van der Waals surface area contributed by atoms with Gasteiger partial charge < -0.3 is 14.3 Å². The molecule has 3 aromatic carbocycles. The first-order chi connectivity index (χ1) is 16.6. The Balaban J connectivity index is 1.40. The van der Waals surface area contributed by atoms with E-state index in [1.54, 1.807) is 24.3 Å². The van der Waals surface area contributed by atoms with Gasteiger partial charge in [0.15, 0.2) is 0 Å². The molecule has 174 valence electrons. The maximum absolute atomic E-state index is 14.8. The maximum Gasteiger partial charge on any atom is 0.335 e. The Hall–Kier alpha value is -3.56. The van der Waals surface area contributed by atoms with Gasteiger partial charge in [-0.25, -0.2) is 14.2 Å². The van der Waals surface area contributed by atoms with E-state index in [-0.39, 0.29) is 23.8 Å². The van der Waals surface area contributed by atoms with Crippen molar-refractivity contribution in [2.45, 2.75) is 19.4 Å². The molecule has 1 fully saturated rings. The number of halogens is 1. The average Bonchev–Trinajstić information content (AvgIpc) is 3.30. The van der Waals surface area contributed by atoms with Gasteiger partial charge in [0.05, 0.1) is 21.7 Å². The standard InChI is InChI=1S/C25H21FN2O5S/c26-19-13-18(24(29)28-33-25(30)15-9-11-31-12-10-15)23(17-6-2-1-5-16(17)19)32-14-22-27-20-7-3-4-8-21(20)34-22/h1-8,13,15H,9-12,14H2,(H,28,29). The Kier molecular flexibility index (Phi) is 6.37. The van der Waals surface area contributed by atoms with Crippen LogP contribution in [0.1, 0.15) is 28.2 Å². The highest BCUT2D eigenvalue weighted by Gasteiger charge is 2.25. The lowest BCUT2D eigenvalue weighted by Crippen LogP contribution is -2.33. The van der Waals surface area contributed by atoms with Crippen LogP contribution in [0, 0.1) is 11.7 Å². The van der Waals surface area contributed by atoms with Gasteiger partial charge in [-0.05, 0) is 31.0 Å². The second-order valence-corrected chi connectivity index (χ2v) is 9.00. The van der Waals surface area contributed by atoms with Crippen molar-refractivity contribution in [3.05, 3.63) is 71.0 Å². The van der Waals surface area contributed by atoms with Crippen LogP contribution in [0.15, 0.2) is 54.6 Å². The van der Waals surface area contributed by atoms with Gasteiger partial charge in [0.2, 0.25) is 0 Å². The molecule has 34 heavy (non-hydrogen) atoms. The number of aromatic nitrogens is 1. The molecule has 0 unspecified atom stereocenters. The molecular weight excluding hydrogens is 459 g/mol.